The fraction of sp³-hybridized carbons (Fsp3) is 0.444. The van der Waals surface area contributed by atoms with Crippen molar-refractivity contribution in [3.63, 3.8) is 0 Å². The summed E-state index contributed by atoms with van der Waals surface area (Å²) in [4.78, 5) is 31.9. The van der Waals surface area contributed by atoms with Gasteiger partial charge in [-0.2, -0.15) is 5.10 Å². The van der Waals surface area contributed by atoms with Crippen LogP contribution in [-0.2, 0) is 17.9 Å². The van der Waals surface area contributed by atoms with E-state index in [0.717, 1.165) is 5.69 Å². The average Bonchev–Trinajstić information content (AvgIpc) is 3.10. The molecule has 0 aliphatic carbocycles. The minimum atomic E-state index is -0.958. The molecule has 2 aromatic rings. The average molecular weight is 372 g/mol. The van der Waals surface area contributed by atoms with Crippen LogP contribution in [0, 0.1) is 0 Å². The van der Waals surface area contributed by atoms with E-state index in [0.29, 0.717) is 36.7 Å². The molecule has 9 heteroatoms. The minimum absolute atomic E-state index is 0.0179. The Labute approximate surface area is 157 Å². The van der Waals surface area contributed by atoms with Crippen molar-refractivity contribution in [2.75, 3.05) is 33.0 Å². The van der Waals surface area contributed by atoms with E-state index in [2.05, 4.69) is 15.4 Å². The third kappa shape index (κ3) is 4.08. The van der Waals surface area contributed by atoms with Crippen molar-refractivity contribution < 1.29 is 14.7 Å². The summed E-state index contributed by atoms with van der Waals surface area (Å²) in [7, 11) is 5.05. The van der Waals surface area contributed by atoms with Gasteiger partial charge in [-0.3, -0.25) is 14.3 Å². The van der Waals surface area contributed by atoms with Crippen LogP contribution in [0.1, 0.15) is 34.3 Å². The lowest BCUT2D eigenvalue weighted by molar-refractivity contribution is -0.130. The molecular formula is C18H24N6O3. The smallest absolute Gasteiger partial charge is 0.254 e. The summed E-state index contributed by atoms with van der Waals surface area (Å²) >= 11 is 0. The molecule has 144 valence electrons. The highest BCUT2D eigenvalue weighted by Crippen LogP contribution is 2.22. The fourth-order valence-corrected chi connectivity index (χ4v) is 2.96. The molecule has 2 aromatic heterocycles. The predicted octanol–water partition coefficient (Wildman–Crippen LogP) is 0.487. The number of rotatable bonds is 5. The van der Waals surface area contributed by atoms with Gasteiger partial charge in [0, 0.05) is 39.4 Å². The topological polar surface area (TPSA) is 104 Å². The fourth-order valence-electron chi connectivity index (χ4n) is 2.96. The van der Waals surface area contributed by atoms with Gasteiger partial charge in [-0.15, -0.1) is 0 Å². The lowest BCUT2D eigenvalue weighted by Gasteiger charge is -2.27. The van der Waals surface area contributed by atoms with E-state index in [1.54, 1.807) is 55.1 Å². The van der Waals surface area contributed by atoms with Crippen LogP contribution in [0.25, 0.3) is 0 Å². The molecule has 0 radical (unpaired) electrons. The standard InChI is InChI=1S/C18H24N6O3/c1-19-16-8-12(4-5-20-16)18(27)23-6-7-24-13(11-23)9-14(21-24)15(25)10-17(26)22(2)3/h4-5,8-9,15,25H,6-7,10-11H2,1-3H3,(H,19,20). The summed E-state index contributed by atoms with van der Waals surface area (Å²) in [5.41, 5.74) is 1.86. The Morgan fingerprint density at radius 2 is 2.11 bits per heavy atom. The number of fused-ring (bicyclic) bond motifs is 1. The Balaban J connectivity index is 1.72. The number of hydrogen-bond acceptors (Lipinski definition) is 6. The molecule has 0 spiro atoms. The number of hydrogen-bond donors (Lipinski definition) is 2. The first-order chi connectivity index (χ1) is 12.9. The van der Waals surface area contributed by atoms with Gasteiger partial charge in [0.25, 0.3) is 5.91 Å². The molecule has 2 N–H and O–H groups in total. The summed E-state index contributed by atoms with van der Waals surface area (Å²) in [6, 6.07) is 5.17. The van der Waals surface area contributed by atoms with Gasteiger partial charge in [0.05, 0.1) is 30.9 Å². The molecule has 1 aliphatic heterocycles. The number of nitrogens with zero attached hydrogens (tertiary/aromatic N) is 5. The third-order valence-electron chi connectivity index (χ3n) is 4.58. The van der Waals surface area contributed by atoms with Crippen molar-refractivity contribution in [3.05, 3.63) is 41.3 Å². The van der Waals surface area contributed by atoms with Gasteiger partial charge < -0.3 is 20.2 Å². The largest absolute Gasteiger partial charge is 0.386 e. The van der Waals surface area contributed by atoms with E-state index in [1.165, 1.54) is 4.90 Å². The van der Waals surface area contributed by atoms with Crippen molar-refractivity contribution in [1.29, 1.82) is 0 Å². The number of amides is 2. The second kappa shape index (κ2) is 7.75. The van der Waals surface area contributed by atoms with Crippen molar-refractivity contribution in [2.45, 2.75) is 25.6 Å². The Hall–Kier alpha value is -2.94. The van der Waals surface area contributed by atoms with Gasteiger partial charge in [0.2, 0.25) is 5.91 Å². The zero-order valence-corrected chi connectivity index (χ0v) is 15.7. The van der Waals surface area contributed by atoms with Gasteiger partial charge in [0.15, 0.2) is 0 Å². The molecule has 0 saturated heterocycles. The first-order valence-electron chi connectivity index (χ1n) is 8.77. The zero-order chi connectivity index (χ0) is 19.6. The second-order valence-electron chi connectivity index (χ2n) is 6.70. The summed E-state index contributed by atoms with van der Waals surface area (Å²) in [6.45, 7) is 1.47. The molecule has 1 unspecified atom stereocenters. The molecular weight excluding hydrogens is 348 g/mol. The Morgan fingerprint density at radius 1 is 1.33 bits per heavy atom. The van der Waals surface area contributed by atoms with Crippen LogP contribution >= 0.6 is 0 Å². The van der Waals surface area contributed by atoms with E-state index in [9.17, 15) is 14.7 Å². The number of nitrogens with one attached hydrogen (secondary N) is 1. The first-order valence-corrected chi connectivity index (χ1v) is 8.77. The highest BCUT2D eigenvalue weighted by atomic mass is 16.3. The molecule has 2 amide bonds. The SMILES string of the molecule is CNc1cc(C(=O)N2CCn3nc(C(O)CC(=O)N(C)C)cc3C2)ccn1. The van der Waals surface area contributed by atoms with Crippen LogP contribution < -0.4 is 5.32 Å². The van der Waals surface area contributed by atoms with Crippen LogP contribution in [-0.4, -0.2) is 69.2 Å². The number of aliphatic hydroxyl groups is 1. The van der Waals surface area contributed by atoms with Gasteiger partial charge >= 0.3 is 0 Å². The Bertz CT molecular complexity index is 847. The van der Waals surface area contributed by atoms with E-state index in [-0.39, 0.29) is 18.2 Å². The quantitative estimate of drug-likeness (QED) is 0.792. The van der Waals surface area contributed by atoms with Gasteiger partial charge in [-0.25, -0.2) is 4.98 Å². The summed E-state index contributed by atoms with van der Waals surface area (Å²) in [6.07, 6.45) is 0.625. The maximum absolute atomic E-state index is 12.8. The highest BCUT2D eigenvalue weighted by molar-refractivity contribution is 5.94. The van der Waals surface area contributed by atoms with E-state index >= 15 is 0 Å². The molecule has 27 heavy (non-hydrogen) atoms. The molecule has 1 aliphatic rings. The minimum Gasteiger partial charge on any atom is -0.386 e. The van der Waals surface area contributed by atoms with Crippen molar-refractivity contribution in [2.24, 2.45) is 0 Å². The lowest BCUT2D eigenvalue weighted by Crippen LogP contribution is -2.38. The van der Waals surface area contributed by atoms with Crippen LogP contribution in [0.5, 0.6) is 0 Å². The van der Waals surface area contributed by atoms with Crippen LogP contribution in [0.3, 0.4) is 0 Å². The number of pyridine rings is 1. The lowest BCUT2D eigenvalue weighted by atomic mass is 10.1. The Kier molecular flexibility index (Phi) is 5.41. The number of anilines is 1. The maximum Gasteiger partial charge on any atom is 0.254 e. The molecule has 0 aromatic carbocycles. The summed E-state index contributed by atoms with van der Waals surface area (Å²) in [5, 5.41) is 17.6. The highest BCUT2D eigenvalue weighted by Gasteiger charge is 2.26. The summed E-state index contributed by atoms with van der Waals surface area (Å²) in [5.74, 6) is 0.397. The maximum atomic E-state index is 12.8. The monoisotopic (exact) mass is 372 g/mol. The molecule has 3 rings (SSSR count). The second-order valence-corrected chi connectivity index (χ2v) is 6.70. The van der Waals surface area contributed by atoms with Gasteiger partial charge in [-0.05, 0) is 18.2 Å². The third-order valence-corrected chi connectivity index (χ3v) is 4.58. The van der Waals surface area contributed by atoms with E-state index in [1.807, 2.05) is 0 Å². The molecule has 9 nitrogen and oxygen atoms in total. The first kappa shape index (κ1) is 18.8. The molecule has 3 heterocycles. The number of carbonyl (C=O) groups excluding carboxylic acids is 2. The zero-order valence-electron chi connectivity index (χ0n) is 15.7. The summed E-state index contributed by atoms with van der Waals surface area (Å²) < 4.78 is 1.79. The Morgan fingerprint density at radius 3 is 2.81 bits per heavy atom. The predicted molar refractivity (Wildman–Crippen MR) is 99.0 cm³/mol. The molecule has 0 saturated carbocycles. The van der Waals surface area contributed by atoms with Gasteiger partial charge in [0.1, 0.15) is 11.9 Å². The van der Waals surface area contributed by atoms with Crippen molar-refractivity contribution in [1.82, 2.24) is 24.6 Å². The van der Waals surface area contributed by atoms with E-state index < -0.39 is 6.10 Å². The molecule has 0 bridgehead atoms. The van der Waals surface area contributed by atoms with Crippen molar-refractivity contribution >= 4 is 17.6 Å². The van der Waals surface area contributed by atoms with Gasteiger partial charge in [-0.1, -0.05) is 0 Å². The molecule has 0 fully saturated rings. The number of aromatic nitrogens is 3. The van der Waals surface area contributed by atoms with Crippen LogP contribution in [0.2, 0.25) is 0 Å². The number of carbonyl (C=O) groups is 2. The van der Waals surface area contributed by atoms with E-state index in [4.69, 9.17) is 0 Å². The normalized spacial score (nSPS) is 14.4. The number of aliphatic hydroxyl groups excluding tert-OH is 1. The molecule has 1 atom stereocenters. The van der Waals surface area contributed by atoms with Crippen LogP contribution in [0.15, 0.2) is 24.4 Å². The van der Waals surface area contributed by atoms with Crippen LogP contribution in [0.4, 0.5) is 5.82 Å². The van der Waals surface area contributed by atoms with Crippen molar-refractivity contribution in [3.8, 4) is 0 Å².